The van der Waals surface area contributed by atoms with Crippen LogP contribution in [-0.2, 0) is 0 Å². The second kappa shape index (κ2) is 8.05. The first-order valence-corrected chi connectivity index (χ1v) is 10.6. The van der Waals surface area contributed by atoms with Crippen molar-refractivity contribution in [3.05, 3.63) is 41.7 Å². The zero-order chi connectivity index (χ0) is 21.4. The van der Waals surface area contributed by atoms with Crippen LogP contribution in [0.2, 0.25) is 0 Å². The second-order valence-electron chi connectivity index (χ2n) is 8.05. The summed E-state index contributed by atoms with van der Waals surface area (Å²) in [6.45, 7) is 1.28. The van der Waals surface area contributed by atoms with Gasteiger partial charge in [0.25, 0.3) is 5.91 Å². The number of rotatable bonds is 6. The minimum absolute atomic E-state index is 0.0664. The van der Waals surface area contributed by atoms with Gasteiger partial charge in [-0.25, -0.2) is 0 Å². The molecular formula is C22H25N5O4. The Labute approximate surface area is 179 Å². The van der Waals surface area contributed by atoms with Crippen molar-refractivity contribution in [1.29, 1.82) is 0 Å². The van der Waals surface area contributed by atoms with Gasteiger partial charge < -0.3 is 18.8 Å². The molecule has 31 heavy (non-hydrogen) atoms. The smallest absolute Gasteiger partial charge is 0.271 e. The van der Waals surface area contributed by atoms with Gasteiger partial charge >= 0.3 is 0 Å². The molecule has 9 nitrogen and oxygen atoms in total. The summed E-state index contributed by atoms with van der Waals surface area (Å²) >= 11 is 0. The van der Waals surface area contributed by atoms with E-state index in [0.717, 1.165) is 37.1 Å². The van der Waals surface area contributed by atoms with Gasteiger partial charge in [-0.3, -0.25) is 9.89 Å². The molecule has 0 atom stereocenters. The number of aromatic nitrogens is 4. The zero-order valence-corrected chi connectivity index (χ0v) is 17.6. The van der Waals surface area contributed by atoms with E-state index < -0.39 is 0 Å². The third-order valence-electron chi connectivity index (χ3n) is 6.01. The summed E-state index contributed by atoms with van der Waals surface area (Å²) < 4.78 is 16.6. The number of carbonyl (C=O) groups excluding carboxylic acids is 1. The monoisotopic (exact) mass is 423 g/mol. The van der Waals surface area contributed by atoms with Gasteiger partial charge in [-0.2, -0.15) is 5.10 Å². The summed E-state index contributed by atoms with van der Waals surface area (Å²) in [5.41, 5.74) is 1.85. The minimum atomic E-state index is -0.0664. The number of piperidine rings is 1. The molecule has 0 unspecified atom stereocenters. The lowest BCUT2D eigenvalue weighted by Crippen LogP contribution is -2.38. The first-order valence-electron chi connectivity index (χ1n) is 10.6. The van der Waals surface area contributed by atoms with Gasteiger partial charge in [-0.1, -0.05) is 0 Å². The number of likely N-dealkylation sites (tertiary alicyclic amines) is 1. The van der Waals surface area contributed by atoms with Crippen molar-refractivity contribution >= 4 is 5.91 Å². The second-order valence-corrected chi connectivity index (χ2v) is 8.05. The van der Waals surface area contributed by atoms with E-state index in [-0.39, 0.29) is 11.8 Å². The Kier molecular flexibility index (Phi) is 5.09. The van der Waals surface area contributed by atoms with Gasteiger partial charge in [0.1, 0.15) is 17.2 Å². The van der Waals surface area contributed by atoms with E-state index in [1.807, 2.05) is 23.1 Å². The van der Waals surface area contributed by atoms with Gasteiger partial charge in [-0.15, -0.1) is 10.2 Å². The molecule has 1 aliphatic heterocycles. The minimum Gasteiger partial charge on any atom is -0.497 e. The summed E-state index contributed by atoms with van der Waals surface area (Å²) in [4.78, 5) is 14.9. The molecule has 1 saturated heterocycles. The number of carbonyl (C=O) groups is 1. The Morgan fingerprint density at radius 1 is 1.03 bits per heavy atom. The van der Waals surface area contributed by atoms with Crippen LogP contribution in [0.5, 0.6) is 11.5 Å². The lowest BCUT2D eigenvalue weighted by Gasteiger charge is -2.30. The number of nitrogens with one attached hydrogen (secondary N) is 1. The Morgan fingerprint density at radius 2 is 1.74 bits per heavy atom. The Hall–Kier alpha value is -3.36. The van der Waals surface area contributed by atoms with E-state index in [1.165, 1.54) is 0 Å². The molecule has 1 aliphatic carbocycles. The van der Waals surface area contributed by atoms with E-state index in [0.29, 0.717) is 47.8 Å². The van der Waals surface area contributed by atoms with Crippen LogP contribution in [0.4, 0.5) is 0 Å². The number of H-pyrrole nitrogens is 1. The van der Waals surface area contributed by atoms with Gasteiger partial charge in [0.15, 0.2) is 0 Å². The van der Waals surface area contributed by atoms with Crippen molar-refractivity contribution in [2.75, 3.05) is 27.3 Å². The lowest BCUT2D eigenvalue weighted by molar-refractivity contribution is 0.0700. The first-order chi connectivity index (χ1) is 15.2. The number of nitrogens with zero attached hydrogens (tertiary/aromatic N) is 4. The van der Waals surface area contributed by atoms with Crippen molar-refractivity contribution in [3.63, 3.8) is 0 Å². The van der Waals surface area contributed by atoms with Crippen LogP contribution >= 0.6 is 0 Å². The van der Waals surface area contributed by atoms with Gasteiger partial charge in [0.2, 0.25) is 11.8 Å². The first kappa shape index (κ1) is 19.6. The number of benzene rings is 1. The fraction of sp³-hybridized carbons (Fsp3) is 0.455. The van der Waals surface area contributed by atoms with Crippen LogP contribution in [0.1, 0.15) is 59.8 Å². The van der Waals surface area contributed by atoms with Crippen LogP contribution in [-0.4, -0.2) is 58.5 Å². The lowest BCUT2D eigenvalue weighted by atomic mass is 9.96. The van der Waals surface area contributed by atoms with Gasteiger partial charge in [-0.05, 0) is 49.9 Å². The van der Waals surface area contributed by atoms with Crippen LogP contribution in [0.25, 0.3) is 11.3 Å². The Morgan fingerprint density at radius 3 is 2.39 bits per heavy atom. The number of hydrogen-bond donors (Lipinski definition) is 1. The maximum absolute atomic E-state index is 13.0. The molecule has 3 heterocycles. The SMILES string of the molecule is COc1ccc(OC)c(-c2cc(C(=O)N3CCC(c4nnc(C5CC5)o4)CC3)[nH]n2)c1. The van der Waals surface area contributed by atoms with E-state index in [9.17, 15) is 4.79 Å². The molecule has 1 N–H and O–H groups in total. The largest absolute Gasteiger partial charge is 0.497 e. The predicted molar refractivity (Wildman–Crippen MR) is 111 cm³/mol. The predicted octanol–water partition coefficient (Wildman–Crippen LogP) is 3.37. The normalized spacial score (nSPS) is 17.0. The van der Waals surface area contributed by atoms with Crippen LogP contribution < -0.4 is 9.47 Å². The number of amides is 1. The summed E-state index contributed by atoms with van der Waals surface area (Å²) in [6.07, 6.45) is 3.90. The molecule has 5 rings (SSSR count). The summed E-state index contributed by atoms with van der Waals surface area (Å²) in [6, 6.07) is 7.24. The fourth-order valence-electron chi connectivity index (χ4n) is 3.99. The number of aromatic amines is 1. The third kappa shape index (κ3) is 3.87. The quantitative estimate of drug-likeness (QED) is 0.648. The maximum Gasteiger partial charge on any atom is 0.271 e. The van der Waals surface area contributed by atoms with Gasteiger partial charge in [0, 0.05) is 30.5 Å². The molecule has 2 fully saturated rings. The molecule has 3 aromatic rings. The van der Waals surface area contributed by atoms with Crippen LogP contribution in [0.15, 0.2) is 28.7 Å². The van der Waals surface area contributed by atoms with Crippen molar-refractivity contribution in [2.45, 2.75) is 37.5 Å². The third-order valence-corrected chi connectivity index (χ3v) is 6.01. The molecule has 2 aliphatic rings. The van der Waals surface area contributed by atoms with E-state index >= 15 is 0 Å². The average molecular weight is 423 g/mol. The Balaban J connectivity index is 1.26. The number of ether oxygens (including phenoxy) is 2. The highest BCUT2D eigenvalue weighted by Gasteiger charge is 2.32. The van der Waals surface area contributed by atoms with E-state index in [1.54, 1.807) is 20.3 Å². The average Bonchev–Trinajstić information content (AvgIpc) is 3.35. The molecule has 162 valence electrons. The highest BCUT2D eigenvalue weighted by atomic mass is 16.5. The van der Waals surface area contributed by atoms with Crippen molar-refractivity contribution in [3.8, 4) is 22.8 Å². The zero-order valence-electron chi connectivity index (χ0n) is 17.6. The van der Waals surface area contributed by atoms with E-state index in [4.69, 9.17) is 13.9 Å². The molecule has 2 aromatic heterocycles. The summed E-state index contributed by atoms with van der Waals surface area (Å²) in [5, 5.41) is 15.6. The van der Waals surface area contributed by atoms with E-state index in [2.05, 4.69) is 20.4 Å². The summed E-state index contributed by atoms with van der Waals surface area (Å²) in [7, 11) is 3.21. The standard InChI is InChI=1S/C22H25N5O4/c1-29-15-5-6-19(30-2)16(11-15)17-12-18(24-23-17)22(28)27-9-7-14(8-10-27)21-26-25-20(31-21)13-3-4-13/h5-6,11-14H,3-4,7-10H2,1-2H3,(H,23,24). The molecule has 0 spiro atoms. The number of methoxy groups -OCH3 is 2. The van der Waals surface area contributed by atoms with Gasteiger partial charge in [0.05, 0.1) is 19.9 Å². The highest BCUT2D eigenvalue weighted by Crippen LogP contribution is 2.40. The summed E-state index contributed by atoms with van der Waals surface area (Å²) in [5.74, 6) is 3.44. The topological polar surface area (TPSA) is 106 Å². The van der Waals surface area contributed by atoms with Crippen LogP contribution in [0.3, 0.4) is 0 Å². The Bertz CT molecular complexity index is 1080. The molecule has 1 saturated carbocycles. The maximum atomic E-state index is 13.0. The fourth-order valence-corrected chi connectivity index (χ4v) is 3.99. The molecule has 1 amide bonds. The molecule has 9 heteroatoms. The highest BCUT2D eigenvalue weighted by molar-refractivity contribution is 5.93. The van der Waals surface area contributed by atoms with Crippen molar-refractivity contribution < 1.29 is 18.7 Å². The molecular weight excluding hydrogens is 398 g/mol. The van der Waals surface area contributed by atoms with Crippen LogP contribution in [0, 0.1) is 0 Å². The van der Waals surface area contributed by atoms with Crippen molar-refractivity contribution in [2.24, 2.45) is 0 Å². The molecule has 0 radical (unpaired) electrons. The molecule has 0 bridgehead atoms. The molecule has 1 aromatic carbocycles. The van der Waals surface area contributed by atoms with Crippen molar-refractivity contribution in [1.82, 2.24) is 25.3 Å². The number of hydrogen-bond acceptors (Lipinski definition) is 7.